The Morgan fingerprint density at radius 3 is 2.89 bits per heavy atom. The molecule has 1 aromatic rings. The number of benzene rings is 1. The SMILES string of the molecule is C#CCCCCNC(=O)c1cc(N)c(F)cc1Br. The van der Waals surface area contributed by atoms with E-state index in [1.807, 2.05) is 0 Å². The van der Waals surface area contributed by atoms with E-state index in [0.29, 0.717) is 23.0 Å². The zero-order valence-electron chi connectivity index (χ0n) is 9.80. The summed E-state index contributed by atoms with van der Waals surface area (Å²) in [6.45, 7) is 0.532. The van der Waals surface area contributed by atoms with Crippen LogP contribution in [0.3, 0.4) is 0 Å². The van der Waals surface area contributed by atoms with Crippen molar-refractivity contribution in [3.63, 3.8) is 0 Å². The molecule has 1 rings (SSSR count). The predicted octanol–water partition coefficient (Wildman–Crippen LogP) is 2.70. The molecule has 0 aliphatic rings. The van der Waals surface area contributed by atoms with Gasteiger partial charge in [0, 0.05) is 17.4 Å². The minimum atomic E-state index is -0.549. The Balaban J connectivity index is 2.57. The molecule has 0 heterocycles. The normalized spacial score (nSPS) is 9.83. The molecule has 0 spiro atoms. The molecule has 5 heteroatoms. The summed E-state index contributed by atoms with van der Waals surface area (Å²) in [5.41, 5.74) is 5.70. The molecule has 0 atom stereocenters. The Kier molecular flexibility index (Phi) is 5.66. The summed E-state index contributed by atoms with van der Waals surface area (Å²) in [6, 6.07) is 2.50. The number of nitrogens with two attached hydrogens (primary N) is 1. The van der Waals surface area contributed by atoms with Crippen molar-refractivity contribution in [2.45, 2.75) is 19.3 Å². The van der Waals surface area contributed by atoms with Crippen LogP contribution >= 0.6 is 15.9 Å². The number of carbonyl (C=O) groups is 1. The first-order valence-corrected chi connectivity index (χ1v) is 6.31. The molecule has 96 valence electrons. The number of hydrogen-bond donors (Lipinski definition) is 2. The van der Waals surface area contributed by atoms with Crippen LogP contribution in [-0.2, 0) is 0 Å². The zero-order valence-corrected chi connectivity index (χ0v) is 11.4. The molecule has 1 aromatic carbocycles. The van der Waals surface area contributed by atoms with Crippen LogP contribution < -0.4 is 11.1 Å². The number of nitrogen functional groups attached to an aromatic ring is 1. The number of unbranched alkanes of at least 4 members (excludes halogenated alkanes) is 2. The van der Waals surface area contributed by atoms with Gasteiger partial charge in [0.05, 0.1) is 11.3 Å². The Labute approximate surface area is 114 Å². The van der Waals surface area contributed by atoms with Crippen LogP contribution in [0.15, 0.2) is 16.6 Å². The molecule has 0 bridgehead atoms. The van der Waals surface area contributed by atoms with Crippen molar-refractivity contribution >= 4 is 27.5 Å². The summed E-state index contributed by atoms with van der Waals surface area (Å²) < 4.78 is 13.5. The average molecular weight is 313 g/mol. The zero-order chi connectivity index (χ0) is 13.5. The maximum atomic E-state index is 13.1. The molecular weight excluding hydrogens is 299 g/mol. The van der Waals surface area contributed by atoms with Gasteiger partial charge in [-0.05, 0) is 40.9 Å². The van der Waals surface area contributed by atoms with E-state index >= 15 is 0 Å². The van der Waals surface area contributed by atoms with Crippen molar-refractivity contribution in [2.24, 2.45) is 0 Å². The largest absolute Gasteiger partial charge is 0.396 e. The Hall–Kier alpha value is -1.54. The van der Waals surface area contributed by atoms with Crippen LogP contribution in [0.1, 0.15) is 29.6 Å². The van der Waals surface area contributed by atoms with Crippen LogP contribution in [0.5, 0.6) is 0 Å². The van der Waals surface area contributed by atoms with E-state index in [0.717, 1.165) is 12.8 Å². The highest BCUT2D eigenvalue weighted by Crippen LogP contribution is 2.22. The van der Waals surface area contributed by atoms with E-state index in [4.69, 9.17) is 12.2 Å². The Morgan fingerprint density at radius 1 is 1.50 bits per heavy atom. The number of anilines is 1. The summed E-state index contributed by atoms with van der Waals surface area (Å²) in [5, 5.41) is 2.73. The number of hydrogen-bond acceptors (Lipinski definition) is 2. The number of halogens is 2. The lowest BCUT2D eigenvalue weighted by Crippen LogP contribution is -2.25. The van der Waals surface area contributed by atoms with Crippen LogP contribution in [0.25, 0.3) is 0 Å². The number of terminal acetylenes is 1. The van der Waals surface area contributed by atoms with E-state index in [-0.39, 0.29) is 11.6 Å². The molecule has 0 saturated carbocycles. The third-order valence-electron chi connectivity index (χ3n) is 2.36. The summed E-state index contributed by atoms with van der Waals surface area (Å²) in [7, 11) is 0. The molecule has 0 saturated heterocycles. The molecule has 18 heavy (non-hydrogen) atoms. The van der Waals surface area contributed by atoms with E-state index in [1.54, 1.807) is 0 Å². The highest BCUT2D eigenvalue weighted by Gasteiger charge is 2.12. The maximum absolute atomic E-state index is 13.1. The minimum absolute atomic E-state index is 0.0457. The second-order valence-electron chi connectivity index (χ2n) is 3.77. The summed E-state index contributed by atoms with van der Waals surface area (Å²) in [4.78, 5) is 11.8. The highest BCUT2D eigenvalue weighted by atomic mass is 79.9. The van der Waals surface area contributed by atoms with Gasteiger partial charge in [-0.15, -0.1) is 12.3 Å². The number of nitrogens with one attached hydrogen (secondary N) is 1. The third kappa shape index (κ3) is 4.04. The molecular formula is C13H14BrFN2O. The summed E-state index contributed by atoms with van der Waals surface area (Å²) >= 11 is 3.13. The molecule has 0 aliphatic carbocycles. The molecule has 3 nitrogen and oxygen atoms in total. The van der Waals surface area contributed by atoms with Gasteiger partial charge in [-0.2, -0.15) is 0 Å². The van der Waals surface area contributed by atoms with Gasteiger partial charge in [-0.1, -0.05) is 0 Å². The van der Waals surface area contributed by atoms with E-state index in [1.165, 1.54) is 12.1 Å². The molecule has 0 aromatic heterocycles. The van der Waals surface area contributed by atoms with E-state index < -0.39 is 5.82 Å². The predicted molar refractivity (Wildman–Crippen MR) is 73.5 cm³/mol. The van der Waals surface area contributed by atoms with Gasteiger partial charge < -0.3 is 11.1 Å². The number of amides is 1. The fourth-order valence-corrected chi connectivity index (χ4v) is 1.88. The third-order valence-corrected chi connectivity index (χ3v) is 3.02. The smallest absolute Gasteiger partial charge is 0.252 e. The van der Waals surface area contributed by atoms with Crippen molar-refractivity contribution in [3.05, 3.63) is 28.0 Å². The first-order valence-electron chi connectivity index (χ1n) is 5.52. The monoisotopic (exact) mass is 312 g/mol. The molecule has 0 unspecified atom stereocenters. The topological polar surface area (TPSA) is 55.1 Å². The van der Waals surface area contributed by atoms with Crippen molar-refractivity contribution in [1.29, 1.82) is 0 Å². The molecule has 1 amide bonds. The van der Waals surface area contributed by atoms with Crippen molar-refractivity contribution in [1.82, 2.24) is 5.32 Å². The second-order valence-corrected chi connectivity index (χ2v) is 4.63. The summed E-state index contributed by atoms with van der Waals surface area (Å²) in [5.74, 6) is 1.70. The molecule has 0 aliphatic heterocycles. The van der Waals surface area contributed by atoms with Gasteiger partial charge in [0.15, 0.2) is 0 Å². The Morgan fingerprint density at radius 2 is 2.22 bits per heavy atom. The van der Waals surface area contributed by atoms with E-state index in [9.17, 15) is 9.18 Å². The van der Waals surface area contributed by atoms with Gasteiger partial charge in [0.2, 0.25) is 0 Å². The molecule has 0 fully saturated rings. The van der Waals surface area contributed by atoms with E-state index in [2.05, 4.69) is 27.2 Å². The molecule has 3 N–H and O–H groups in total. The number of rotatable bonds is 5. The molecule has 0 radical (unpaired) electrons. The fourth-order valence-electron chi connectivity index (χ4n) is 1.39. The quantitative estimate of drug-likeness (QED) is 0.499. The van der Waals surface area contributed by atoms with Crippen molar-refractivity contribution in [2.75, 3.05) is 12.3 Å². The Bertz CT molecular complexity index is 483. The van der Waals surface area contributed by atoms with Crippen LogP contribution in [0, 0.1) is 18.2 Å². The average Bonchev–Trinajstić information content (AvgIpc) is 2.33. The van der Waals surface area contributed by atoms with Gasteiger partial charge >= 0.3 is 0 Å². The van der Waals surface area contributed by atoms with Gasteiger partial charge in [-0.25, -0.2) is 4.39 Å². The highest BCUT2D eigenvalue weighted by molar-refractivity contribution is 9.10. The minimum Gasteiger partial charge on any atom is -0.396 e. The lowest BCUT2D eigenvalue weighted by molar-refractivity contribution is 0.0952. The second kappa shape index (κ2) is 7.02. The van der Waals surface area contributed by atoms with Crippen LogP contribution in [-0.4, -0.2) is 12.5 Å². The first kappa shape index (κ1) is 14.5. The lowest BCUT2D eigenvalue weighted by Gasteiger charge is -2.08. The van der Waals surface area contributed by atoms with Crippen molar-refractivity contribution in [3.8, 4) is 12.3 Å². The van der Waals surface area contributed by atoms with Crippen LogP contribution in [0.4, 0.5) is 10.1 Å². The lowest BCUT2D eigenvalue weighted by atomic mass is 10.1. The van der Waals surface area contributed by atoms with Crippen LogP contribution in [0.2, 0.25) is 0 Å². The summed E-state index contributed by atoms with van der Waals surface area (Å²) in [6.07, 6.45) is 7.49. The first-order chi connectivity index (χ1) is 8.56. The van der Waals surface area contributed by atoms with Crippen molar-refractivity contribution < 1.29 is 9.18 Å². The van der Waals surface area contributed by atoms with Gasteiger partial charge in [0.25, 0.3) is 5.91 Å². The number of carbonyl (C=O) groups excluding carboxylic acids is 1. The maximum Gasteiger partial charge on any atom is 0.252 e. The standard InChI is InChI=1S/C13H14BrFN2O/c1-2-3-4-5-6-17-13(18)9-7-12(16)11(15)8-10(9)14/h1,7-8H,3-6,16H2,(H,17,18). The fraction of sp³-hybridized carbons (Fsp3) is 0.308. The van der Waals surface area contributed by atoms with Gasteiger partial charge in [-0.3, -0.25) is 4.79 Å². The van der Waals surface area contributed by atoms with Gasteiger partial charge in [0.1, 0.15) is 5.82 Å².